The molecule has 3 rings (SSSR count). The van der Waals surface area contributed by atoms with Crippen LogP contribution in [0, 0.1) is 17.2 Å². The van der Waals surface area contributed by atoms with Crippen LogP contribution in [0.2, 0.25) is 0 Å². The van der Waals surface area contributed by atoms with E-state index in [9.17, 15) is 0 Å². The Kier molecular flexibility index (Phi) is 3.00. The van der Waals surface area contributed by atoms with E-state index < -0.39 is 0 Å². The van der Waals surface area contributed by atoms with E-state index in [0.717, 1.165) is 44.4 Å². The third-order valence-corrected chi connectivity index (χ3v) is 4.20. The lowest BCUT2D eigenvalue weighted by Crippen LogP contribution is -2.34. The standard InChI is InChI=1S/C14H17N3O/c15-8-11-2-1-3-14(6-11)7-12(10-18-14)13-9-16-4-5-17-13/h4-5,9,11-12H,1-3,6-7,10H2. The molecular weight excluding hydrogens is 226 g/mol. The predicted octanol–water partition coefficient (Wildman–Crippen LogP) is 2.43. The van der Waals surface area contributed by atoms with Crippen molar-refractivity contribution in [2.24, 2.45) is 5.92 Å². The largest absolute Gasteiger partial charge is 0.374 e. The van der Waals surface area contributed by atoms with Gasteiger partial charge in [-0.05, 0) is 32.1 Å². The summed E-state index contributed by atoms with van der Waals surface area (Å²) in [5, 5.41) is 9.09. The Morgan fingerprint density at radius 3 is 3.11 bits per heavy atom. The van der Waals surface area contributed by atoms with E-state index in [-0.39, 0.29) is 11.5 Å². The van der Waals surface area contributed by atoms with Crippen molar-refractivity contribution in [3.05, 3.63) is 24.3 Å². The van der Waals surface area contributed by atoms with E-state index in [4.69, 9.17) is 10.00 Å². The van der Waals surface area contributed by atoms with Crippen LogP contribution in [0.15, 0.2) is 18.6 Å². The summed E-state index contributed by atoms with van der Waals surface area (Å²) in [6.45, 7) is 0.719. The van der Waals surface area contributed by atoms with Gasteiger partial charge in [0.05, 0.1) is 24.0 Å². The lowest BCUT2D eigenvalue weighted by atomic mass is 9.75. The van der Waals surface area contributed by atoms with E-state index in [0.29, 0.717) is 5.92 Å². The summed E-state index contributed by atoms with van der Waals surface area (Å²) in [6, 6.07) is 2.40. The predicted molar refractivity (Wildman–Crippen MR) is 65.6 cm³/mol. The maximum atomic E-state index is 9.09. The van der Waals surface area contributed by atoms with Crippen molar-refractivity contribution in [3.63, 3.8) is 0 Å². The SMILES string of the molecule is N#CC1CCCC2(C1)CC(c1cnccn1)CO2. The highest BCUT2D eigenvalue weighted by molar-refractivity contribution is 5.10. The molecule has 1 aromatic heterocycles. The second kappa shape index (κ2) is 4.66. The molecule has 1 aliphatic carbocycles. The summed E-state index contributed by atoms with van der Waals surface area (Å²) >= 11 is 0. The molecule has 0 radical (unpaired) electrons. The summed E-state index contributed by atoms with van der Waals surface area (Å²) < 4.78 is 6.06. The van der Waals surface area contributed by atoms with E-state index in [1.807, 2.05) is 6.20 Å². The van der Waals surface area contributed by atoms with Gasteiger partial charge in [0.25, 0.3) is 0 Å². The molecule has 1 spiro atoms. The minimum Gasteiger partial charge on any atom is -0.374 e. The number of hydrogen-bond donors (Lipinski definition) is 0. The van der Waals surface area contributed by atoms with Gasteiger partial charge in [0, 0.05) is 30.4 Å². The molecule has 0 bridgehead atoms. The van der Waals surface area contributed by atoms with Gasteiger partial charge in [-0.15, -0.1) is 0 Å². The van der Waals surface area contributed by atoms with E-state index in [2.05, 4.69) is 16.0 Å². The summed E-state index contributed by atoms with van der Waals surface area (Å²) in [4.78, 5) is 8.49. The molecule has 2 fully saturated rings. The molecule has 94 valence electrons. The molecule has 2 heterocycles. The van der Waals surface area contributed by atoms with Crippen LogP contribution < -0.4 is 0 Å². The molecule has 0 aromatic carbocycles. The Bertz CT molecular complexity index is 456. The first-order valence-electron chi connectivity index (χ1n) is 6.61. The lowest BCUT2D eigenvalue weighted by Gasteiger charge is -2.34. The molecule has 2 aliphatic rings. The normalized spacial score (nSPS) is 35.5. The number of ether oxygens (including phenoxy) is 1. The Labute approximate surface area is 107 Å². The minimum absolute atomic E-state index is 0.0686. The van der Waals surface area contributed by atoms with Gasteiger partial charge in [-0.1, -0.05) is 0 Å². The van der Waals surface area contributed by atoms with Gasteiger partial charge in [0.2, 0.25) is 0 Å². The molecule has 0 N–H and O–H groups in total. The van der Waals surface area contributed by atoms with Crippen LogP contribution in [0.5, 0.6) is 0 Å². The quantitative estimate of drug-likeness (QED) is 0.760. The molecule has 1 aliphatic heterocycles. The number of hydrogen-bond acceptors (Lipinski definition) is 4. The Balaban J connectivity index is 1.73. The van der Waals surface area contributed by atoms with Crippen LogP contribution in [0.3, 0.4) is 0 Å². The fourth-order valence-corrected chi connectivity index (χ4v) is 3.31. The zero-order chi connectivity index (χ0) is 12.4. The van der Waals surface area contributed by atoms with Crippen molar-refractivity contribution in [1.29, 1.82) is 5.26 Å². The van der Waals surface area contributed by atoms with Crippen LogP contribution >= 0.6 is 0 Å². The van der Waals surface area contributed by atoms with Gasteiger partial charge < -0.3 is 4.74 Å². The highest BCUT2D eigenvalue weighted by Crippen LogP contribution is 2.46. The zero-order valence-electron chi connectivity index (χ0n) is 10.4. The molecule has 1 aromatic rings. The molecule has 0 amide bonds. The molecular formula is C14H17N3O. The van der Waals surface area contributed by atoms with E-state index in [1.165, 1.54) is 0 Å². The minimum atomic E-state index is -0.0686. The van der Waals surface area contributed by atoms with Gasteiger partial charge >= 0.3 is 0 Å². The third-order valence-electron chi connectivity index (χ3n) is 4.20. The van der Waals surface area contributed by atoms with Crippen LogP contribution in [0.25, 0.3) is 0 Å². The van der Waals surface area contributed by atoms with Gasteiger partial charge in [0.15, 0.2) is 0 Å². The van der Waals surface area contributed by atoms with Crippen LogP contribution in [-0.2, 0) is 4.74 Å². The Hall–Kier alpha value is -1.47. The van der Waals surface area contributed by atoms with Crippen molar-refractivity contribution >= 4 is 0 Å². The molecule has 4 heteroatoms. The van der Waals surface area contributed by atoms with E-state index >= 15 is 0 Å². The summed E-state index contributed by atoms with van der Waals surface area (Å²) in [5.74, 6) is 0.510. The first-order chi connectivity index (χ1) is 8.81. The zero-order valence-corrected chi connectivity index (χ0v) is 10.4. The number of aromatic nitrogens is 2. The van der Waals surface area contributed by atoms with Crippen molar-refractivity contribution < 1.29 is 4.74 Å². The first-order valence-corrected chi connectivity index (χ1v) is 6.61. The van der Waals surface area contributed by atoms with Crippen molar-refractivity contribution in [3.8, 4) is 6.07 Å². The Morgan fingerprint density at radius 1 is 1.39 bits per heavy atom. The fourth-order valence-electron chi connectivity index (χ4n) is 3.31. The summed E-state index contributed by atoms with van der Waals surface area (Å²) in [6.07, 6.45) is 10.4. The molecule has 1 saturated heterocycles. The van der Waals surface area contributed by atoms with Crippen LogP contribution in [0.1, 0.15) is 43.7 Å². The highest BCUT2D eigenvalue weighted by atomic mass is 16.5. The maximum absolute atomic E-state index is 9.09. The van der Waals surface area contributed by atoms with Crippen molar-refractivity contribution in [2.45, 2.75) is 43.6 Å². The second-order valence-electron chi connectivity index (χ2n) is 5.45. The number of nitriles is 1. The van der Waals surface area contributed by atoms with E-state index in [1.54, 1.807) is 12.4 Å². The molecule has 3 atom stereocenters. The summed E-state index contributed by atoms with van der Waals surface area (Å²) in [7, 11) is 0. The Morgan fingerprint density at radius 2 is 2.33 bits per heavy atom. The maximum Gasteiger partial charge on any atom is 0.0702 e. The van der Waals surface area contributed by atoms with Crippen LogP contribution in [0.4, 0.5) is 0 Å². The monoisotopic (exact) mass is 243 g/mol. The van der Waals surface area contributed by atoms with Gasteiger partial charge in [0.1, 0.15) is 0 Å². The van der Waals surface area contributed by atoms with Crippen molar-refractivity contribution in [2.75, 3.05) is 6.61 Å². The third kappa shape index (κ3) is 2.11. The van der Waals surface area contributed by atoms with Crippen LogP contribution in [-0.4, -0.2) is 22.2 Å². The smallest absolute Gasteiger partial charge is 0.0702 e. The molecule has 1 saturated carbocycles. The van der Waals surface area contributed by atoms with Gasteiger partial charge in [-0.2, -0.15) is 5.26 Å². The highest BCUT2D eigenvalue weighted by Gasteiger charge is 2.44. The summed E-state index contributed by atoms with van der Waals surface area (Å²) in [5.41, 5.74) is 0.953. The molecule has 3 unspecified atom stereocenters. The topological polar surface area (TPSA) is 58.8 Å². The molecule has 4 nitrogen and oxygen atoms in total. The van der Waals surface area contributed by atoms with Gasteiger partial charge in [-0.25, -0.2) is 0 Å². The fraction of sp³-hybridized carbons (Fsp3) is 0.643. The average Bonchev–Trinajstić information content (AvgIpc) is 2.83. The van der Waals surface area contributed by atoms with Crippen molar-refractivity contribution in [1.82, 2.24) is 9.97 Å². The van der Waals surface area contributed by atoms with Gasteiger partial charge in [-0.3, -0.25) is 9.97 Å². The number of rotatable bonds is 1. The number of nitrogens with zero attached hydrogens (tertiary/aromatic N) is 3. The second-order valence-corrected chi connectivity index (χ2v) is 5.45. The lowest BCUT2D eigenvalue weighted by molar-refractivity contribution is -0.0335. The molecule has 18 heavy (non-hydrogen) atoms. The average molecular weight is 243 g/mol. The first kappa shape index (κ1) is 11.6.